The molecule has 1 aliphatic rings. The predicted molar refractivity (Wildman–Crippen MR) is 89.7 cm³/mol. The molecule has 7 heteroatoms. The molecule has 3 aromatic rings. The molecule has 1 fully saturated rings. The van der Waals surface area contributed by atoms with Crippen molar-refractivity contribution >= 4 is 22.6 Å². The summed E-state index contributed by atoms with van der Waals surface area (Å²) in [5.74, 6) is 0.207. The molecule has 1 N–H and O–H groups in total. The van der Waals surface area contributed by atoms with E-state index in [9.17, 15) is 14.9 Å². The minimum atomic E-state index is -0.612. The maximum Gasteiger partial charge on any atom is 0.334 e. The summed E-state index contributed by atoms with van der Waals surface area (Å²) in [5, 5.41) is 9.90. The van der Waals surface area contributed by atoms with Crippen molar-refractivity contribution in [2.75, 3.05) is 0 Å². The number of fused-ring (bicyclic) bond motifs is 1. The van der Waals surface area contributed by atoms with Crippen LogP contribution >= 0.6 is 11.6 Å². The van der Waals surface area contributed by atoms with E-state index in [4.69, 9.17) is 11.6 Å². The second-order valence-corrected chi connectivity index (χ2v) is 6.13. The molecule has 1 aliphatic carbocycles. The van der Waals surface area contributed by atoms with Gasteiger partial charge in [0.05, 0.1) is 27.4 Å². The normalized spacial score (nSPS) is 13.8. The maximum atomic E-state index is 12.4. The van der Waals surface area contributed by atoms with Crippen LogP contribution in [0.4, 0.5) is 0 Å². The summed E-state index contributed by atoms with van der Waals surface area (Å²) in [5.41, 5.74) is 0.488. The van der Waals surface area contributed by atoms with E-state index in [-0.39, 0.29) is 17.0 Å². The Morgan fingerprint density at radius 2 is 2.04 bits per heavy atom. The molecule has 0 bridgehead atoms. The highest BCUT2D eigenvalue weighted by Gasteiger charge is 2.29. The number of aromatic nitrogens is 3. The van der Waals surface area contributed by atoms with Gasteiger partial charge in [-0.3, -0.25) is 9.78 Å². The minimum Gasteiger partial charge on any atom is -0.273 e. The summed E-state index contributed by atoms with van der Waals surface area (Å²) in [6.45, 7) is 0. The lowest BCUT2D eigenvalue weighted by molar-refractivity contribution is 0.908. The molecule has 0 spiro atoms. The number of hydrogen-bond donors (Lipinski definition) is 1. The monoisotopic (exact) mass is 338 g/mol. The van der Waals surface area contributed by atoms with E-state index >= 15 is 0 Å². The van der Waals surface area contributed by atoms with E-state index in [0.717, 1.165) is 12.8 Å². The summed E-state index contributed by atoms with van der Waals surface area (Å²) >= 11 is 6.21. The van der Waals surface area contributed by atoms with Crippen LogP contribution < -0.4 is 11.2 Å². The highest BCUT2D eigenvalue weighted by molar-refractivity contribution is 6.32. The molecule has 2 heterocycles. The van der Waals surface area contributed by atoms with Crippen LogP contribution in [-0.2, 0) is 0 Å². The van der Waals surface area contributed by atoms with Gasteiger partial charge in [0.1, 0.15) is 6.07 Å². The van der Waals surface area contributed by atoms with Gasteiger partial charge in [-0.25, -0.2) is 14.3 Å². The topological polar surface area (TPSA) is 91.5 Å². The third-order valence-corrected chi connectivity index (χ3v) is 4.41. The number of benzene rings is 1. The first-order chi connectivity index (χ1) is 11.6. The quantitative estimate of drug-likeness (QED) is 0.777. The van der Waals surface area contributed by atoms with Gasteiger partial charge in [-0.1, -0.05) is 23.7 Å². The average molecular weight is 339 g/mol. The van der Waals surface area contributed by atoms with Crippen LogP contribution in [0.25, 0.3) is 16.7 Å². The van der Waals surface area contributed by atoms with Crippen molar-refractivity contribution in [1.82, 2.24) is 14.5 Å². The molecule has 0 atom stereocenters. The molecule has 0 saturated heterocycles. The molecule has 2 aromatic heterocycles. The van der Waals surface area contributed by atoms with Gasteiger partial charge >= 0.3 is 5.69 Å². The Bertz CT molecular complexity index is 1140. The van der Waals surface area contributed by atoms with Gasteiger partial charge in [-0.15, -0.1) is 0 Å². The largest absolute Gasteiger partial charge is 0.334 e. The van der Waals surface area contributed by atoms with Crippen molar-refractivity contribution < 1.29 is 0 Å². The van der Waals surface area contributed by atoms with E-state index in [1.165, 1.54) is 10.6 Å². The van der Waals surface area contributed by atoms with Crippen molar-refractivity contribution in [2.24, 2.45) is 0 Å². The van der Waals surface area contributed by atoms with Crippen LogP contribution in [0.2, 0.25) is 5.02 Å². The third-order valence-electron chi connectivity index (χ3n) is 4.09. The van der Waals surface area contributed by atoms with Crippen LogP contribution in [0.5, 0.6) is 0 Å². The average Bonchev–Trinajstić information content (AvgIpc) is 3.40. The number of pyridine rings is 1. The molecule has 1 saturated carbocycles. The molecule has 0 radical (unpaired) electrons. The zero-order valence-corrected chi connectivity index (χ0v) is 13.2. The first kappa shape index (κ1) is 14.7. The summed E-state index contributed by atoms with van der Waals surface area (Å²) in [6.07, 6.45) is 1.90. The summed E-state index contributed by atoms with van der Waals surface area (Å²) in [6, 6.07) is 10.4. The number of para-hydroxylation sites is 1. The Kier molecular flexibility index (Phi) is 3.25. The fourth-order valence-electron chi connectivity index (χ4n) is 2.79. The van der Waals surface area contributed by atoms with Crippen molar-refractivity contribution in [3.8, 4) is 11.8 Å². The van der Waals surface area contributed by atoms with E-state index in [0.29, 0.717) is 22.0 Å². The van der Waals surface area contributed by atoms with Crippen LogP contribution in [0.15, 0.2) is 39.9 Å². The Hall–Kier alpha value is -2.91. The molecule has 4 rings (SSSR count). The smallest absolute Gasteiger partial charge is 0.273 e. The number of nitrogens with one attached hydrogen (secondary N) is 1. The first-order valence-corrected chi connectivity index (χ1v) is 7.83. The Labute approximate surface area is 141 Å². The first-order valence-electron chi connectivity index (χ1n) is 7.45. The van der Waals surface area contributed by atoms with Crippen LogP contribution in [0, 0.1) is 11.3 Å². The number of aromatic amines is 1. The number of halogens is 1. The number of hydrogen-bond acceptors (Lipinski definition) is 4. The van der Waals surface area contributed by atoms with Crippen molar-refractivity contribution in [1.29, 1.82) is 5.26 Å². The zero-order valence-electron chi connectivity index (χ0n) is 12.4. The fraction of sp³-hybridized carbons (Fsp3) is 0.176. The number of rotatable bonds is 2. The highest BCUT2D eigenvalue weighted by atomic mass is 35.5. The van der Waals surface area contributed by atoms with Crippen LogP contribution in [0.3, 0.4) is 0 Å². The van der Waals surface area contributed by atoms with E-state index in [2.05, 4.69) is 16.0 Å². The van der Waals surface area contributed by atoms with Gasteiger partial charge in [0.15, 0.2) is 5.65 Å². The number of nitrogens with zero attached hydrogens (tertiary/aromatic N) is 3. The van der Waals surface area contributed by atoms with Crippen molar-refractivity contribution in [3.05, 3.63) is 67.4 Å². The van der Waals surface area contributed by atoms with Crippen LogP contribution in [0.1, 0.15) is 30.0 Å². The van der Waals surface area contributed by atoms with Gasteiger partial charge < -0.3 is 0 Å². The minimum absolute atomic E-state index is 0.190. The Balaban J connectivity index is 2.16. The lowest BCUT2D eigenvalue weighted by Gasteiger charge is -2.12. The second kappa shape index (κ2) is 5.32. The predicted octanol–water partition coefficient (Wildman–Crippen LogP) is 2.48. The van der Waals surface area contributed by atoms with Gasteiger partial charge in [0, 0.05) is 5.92 Å². The standard InChI is InChI=1S/C17H11ClN4O2/c18-12-3-1-2-4-13(12)22-15-11(16(23)21-17(22)24)7-10(8-19)14(20-15)9-5-6-9/h1-4,7,9H,5-6H2,(H,21,23,24). The molecule has 6 nitrogen and oxygen atoms in total. The van der Waals surface area contributed by atoms with Crippen molar-refractivity contribution in [2.45, 2.75) is 18.8 Å². The molecule has 24 heavy (non-hydrogen) atoms. The van der Waals surface area contributed by atoms with Gasteiger partial charge in [0.25, 0.3) is 5.56 Å². The number of H-pyrrole nitrogens is 1. The van der Waals surface area contributed by atoms with Gasteiger partial charge in [0.2, 0.25) is 0 Å². The zero-order chi connectivity index (χ0) is 16.8. The van der Waals surface area contributed by atoms with E-state index in [1.807, 2.05) is 0 Å². The summed E-state index contributed by atoms with van der Waals surface area (Å²) in [7, 11) is 0. The molecule has 1 aromatic carbocycles. The maximum absolute atomic E-state index is 12.4. The summed E-state index contributed by atoms with van der Waals surface area (Å²) < 4.78 is 1.28. The summed E-state index contributed by atoms with van der Waals surface area (Å²) in [4.78, 5) is 31.4. The molecular formula is C17H11ClN4O2. The third kappa shape index (κ3) is 2.22. The van der Waals surface area contributed by atoms with E-state index < -0.39 is 11.2 Å². The lowest BCUT2D eigenvalue weighted by atomic mass is 10.1. The Morgan fingerprint density at radius 1 is 1.29 bits per heavy atom. The van der Waals surface area contributed by atoms with Crippen molar-refractivity contribution in [3.63, 3.8) is 0 Å². The SMILES string of the molecule is N#Cc1cc2c(=O)[nH]c(=O)n(-c3ccccc3Cl)c2nc1C1CC1. The highest BCUT2D eigenvalue weighted by Crippen LogP contribution is 2.41. The fourth-order valence-corrected chi connectivity index (χ4v) is 3.01. The van der Waals surface area contributed by atoms with Crippen LogP contribution in [-0.4, -0.2) is 14.5 Å². The second-order valence-electron chi connectivity index (χ2n) is 5.72. The Morgan fingerprint density at radius 3 is 2.71 bits per heavy atom. The molecule has 0 amide bonds. The molecular weight excluding hydrogens is 328 g/mol. The molecule has 0 unspecified atom stereocenters. The lowest BCUT2D eigenvalue weighted by Crippen LogP contribution is -2.30. The van der Waals surface area contributed by atoms with E-state index in [1.54, 1.807) is 24.3 Å². The number of nitriles is 1. The molecule has 0 aliphatic heterocycles. The molecule has 118 valence electrons. The van der Waals surface area contributed by atoms with Gasteiger partial charge in [-0.05, 0) is 31.0 Å². The van der Waals surface area contributed by atoms with Gasteiger partial charge in [-0.2, -0.15) is 5.26 Å².